The van der Waals surface area contributed by atoms with Gasteiger partial charge < -0.3 is 9.64 Å². The molecule has 1 aliphatic rings. The fourth-order valence-corrected chi connectivity index (χ4v) is 1.47. The molecule has 0 saturated carbocycles. The highest BCUT2D eigenvalue weighted by Gasteiger charge is 2.40. The monoisotopic (exact) mass is 199 g/mol. The summed E-state index contributed by atoms with van der Waals surface area (Å²) < 4.78 is 5.26. The second-order valence-corrected chi connectivity index (χ2v) is 5.42. The first kappa shape index (κ1) is 11.3. The third-order valence-corrected chi connectivity index (χ3v) is 2.09. The molecule has 0 aromatic carbocycles. The quantitative estimate of drug-likeness (QED) is 0.640. The third-order valence-electron chi connectivity index (χ3n) is 2.09. The second kappa shape index (κ2) is 3.79. The van der Waals surface area contributed by atoms with Gasteiger partial charge in [0.1, 0.15) is 5.60 Å². The van der Waals surface area contributed by atoms with Crippen molar-refractivity contribution in [3.8, 4) is 0 Å². The molecule has 1 atom stereocenters. The van der Waals surface area contributed by atoms with E-state index in [1.807, 2.05) is 20.8 Å². The molecule has 0 radical (unpaired) electrons. The minimum Gasteiger partial charge on any atom is -0.444 e. The number of hydrogen-bond donors (Lipinski definition) is 0. The highest BCUT2D eigenvalue weighted by atomic mass is 16.6. The van der Waals surface area contributed by atoms with E-state index >= 15 is 0 Å². The van der Waals surface area contributed by atoms with Crippen molar-refractivity contribution in [1.29, 1.82) is 0 Å². The molecule has 0 bridgehead atoms. The molecule has 82 valence electrons. The van der Waals surface area contributed by atoms with Gasteiger partial charge in [0.2, 0.25) is 0 Å². The summed E-state index contributed by atoms with van der Waals surface area (Å²) in [5.41, 5.74) is -0.373. The molecular formula is C11H21NO2. The molecule has 0 aromatic rings. The van der Waals surface area contributed by atoms with E-state index in [4.69, 9.17) is 4.74 Å². The number of ether oxygens (including phenoxy) is 1. The third kappa shape index (κ3) is 3.56. The SMILES string of the molecule is CC(C)CC1CN1C(=O)OC(C)(C)C. The van der Waals surface area contributed by atoms with Crippen molar-refractivity contribution >= 4 is 6.09 Å². The van der Waals surface area contributed by atoms with Crippen molar-refractivity contribution in [1.82, 2.24) is 4.90 Å². The summed E-state index contributed by atoms with van der Waals surface area (Å²) in [4.78, 5) is 13.3. The summed E-state index contributed by atoms with van der Waals surface area (Å²) in [6, 6.07) is 0.421. The molecule has 0 N–H and O–H groups in total. The van der Waals surface area contributed by atoms with Crippen LogP contribution < -0.4 is 0 Å². The number of carbonyl (C=O) groups is 1. The summed E-state index contributed by atoms with van der Waals surface area (Å²) in [5.74, 6) is 0.646. The van der Waals surface area contributed by atoms with Gasteiger partial charge in [0.25, 0.3) is 0 Å². The summed E-state index contributed by atoms with van der Waals surface area (Å²) >= 11 is 0. The first-order valence-electron chi connectivity index (χ1n) is 5.29. The van der Waals surface area contributed by atoms with Crippen LogP contribution in [0.15, 0.2) is 0 Å². The summed E-state index contributed by atoms with van der Waals surface area (Å²) in [7, 11) is 0. The highest BCUT2D eigenvalue weighted by Crippen LogP contribution is 2.26. The van der Waals surface area contributed by atoms with Crippen LogP contribution in [0.1, 0.15) is 41.0 Å². The van der Waals surface area contributed by atoms with E-state index in [-0.39, 0.29) is 11.7 Å². The van der Waals surface area contributed by atoms with Gasteiger partial charge in [-0.2, -0.15) is 0 Å². The van der Waals surface area contributed by atoms with Crippen LogP contribution in [0.25, 0.3) is 0 Å². The van der Waals surface area contributed by atoms with Crippen molar-refractivity contribution in [2.24, 2.45) is 5.92 Å². The maximum Gasteiger partial charge on any atom is 0.410 e. The number of carbonyl (C=O) groups excluding carboxylic acids is 1. The molecule has 0 spiro atoms. The van der Waals surface area contributed by atoms with Gasteiger partial charge in [-0.1, -0.05) is 13.8 Å². The lowest BCUT2D eigenvalue weighted by Crippen LogP contribution is -2.28. The standard InChI is InChI=1S/C11H21NO2/c1-8(2)6-9-7-12(9)10(13)14-11(3,4)5/h8-9H,6-7H2,1-5H3. The summed E-state index contributed by atoms with van der Waals surface area (Å²) in [6.07, 6.45) is 0.919. The van der Waals surface area contributed by atoms with E-state index in [1.165, 1.54) is 0 Å². The minimum atomic E-state index is -0.373. The van der Waals surface area contributed by atoms with E-state index < -0.39 is 0 Å². The lowest BCUT2D eigenvalue weighted by atomic mass is 10.1. The molecule has 1 heterocycles. The molecule has 14 heavy (non-hydrogen) atoms. The van der Waals surface area contributed by atoms with E-state index in [1.54, 1.807) is 4.90 Å². The first-order chi connectivity index (χ1) is 6.29. The second-order valence-electron chi connectivity index (χ2n) is 5.42. The van der Waals surface area contributed by atoms with Crippen LogP contribution in [0, 0.1) is 5.92 Å². The van der Waals surface area contributed by atoms with Crippen LogP contribution in [-0.2, 0) is 4.74 Å². The van der Waals surface area contributed by atoms with E-state index in [9.17, 15) is 4.79 Å². The van der Waals surface area contributed by atoms with E-state index in [0.717, 1.165) is 13.0 Å². The normalized spacial score (nSPS) is 21.3. The lowest BCUT2D eigenvalue weighted by molar-refractivity contribution is 0.0404. The van der Waals surface area contributed by atoms with Crippen LogP contribution >= 0.6 is 0 Å². The summed E-state index contributed by atoms with van der Waals surface area (Å²) in [6.45, 7) is 10.9. The number of amides is 1. The van der Waals surface area contributed by atoms with Gasteiger partial charge in [-0.15, -0.1) is 0 Å². The molecule has 1 saturated heterocycles. The van der Waals surface area contributed by atoms with E-state index in [2.05, 4.69) is 13.8 Å². The van der Waals surface area contributed by atoms with Gasteiger partial charge in [0, 0.05) is 6.54 Å². The Balaban J connectivity index is 2.29. The van der Waals surface area contributed by atoms with Crippen molar-refractivity contribution in [3.63, 3.8) is 0 Å². The maximum atomic E-state index is 11.5. The van der Waals surface area contributed by atoms with Gasteiger partial charge in [-0.25, -0.2) is 4.79 Å². The molecule has 1 rings (SSSR count). The Hall–Kier alpha value is -0.730. The Bertz CT molecular complexity index is 218. The van der Waals surface area contributed by atoms with Crippen LogP contribution in [0.3, 0.4) is 0 Å². The Morgan fingerprint density at radius 1 is 1.50 bits per heavy atom. The van der Waals surface area contributed by atoms with Gasteiger partial charge in [-0.3, -0.25) is 0 Å². The van der Waals surface area contributed by atoms with Crippen LogP contribution in [0.5, 0.6) is 0 Å². The molecule has 3 heteroatoms. The molecule has 1 fully saturated rings. The molecule has 1 aliphatic heterocycles. The van der Waals surface area contributed by atoms with Gasteiger partial charge >= 0.3 is 6.09 Å². The van der Waals surface area contributed by atoms with Crippen molar-refractivity contribution in [2.45, 2.75) is 52.7 Å². The Morgan fingerprint density at radius 3 is 2.50 bits per heavy atom. The van der Waals surface area contributed by atoms with Crippen molar-refractivity contribution < 1.29 is 9.53 Å². The van der Waals surface area contributed by atoms with Gasteiger partial charge in [0.05, 0.1) is 6.04 Å². The average molecular weight is 199 g/mol. The number of rotatable bonds is 2. The maximum absolute atomic E-state index is 11.5. The highest BCUT2D eigenvalue weighted by molar-refractivity contribution is 5.71. The largest absolute Gasteiger partial charge is 0.444 e. The van der Waals surface area contributed by atoms with Crippen LogP contribution in [0.4, 0.5) is 4.79 Å². The average Bonchev–Trinajstić information content (AvgIpc) is 2.61. The van der Waals surface area contributed by atoms with Crippen molar-refractivity contribution in [3.05, 3.63) is 0 Å². The fraction of sp³-hybridized carbons (Fsp3) is 0.909. The zero-order valence-corrected chi connectivity index (χ0v) is 9.83. The molecular weight excluding hydrogens is 178 g/mol. The van der Waals surface area contributed by atoms with Crippen LogP contribution in [-0.4, -0.2) is 29.2 Å². The predicted molar refractivity (Wildman–Crippen MR) is 56.2 cm³/mol. The van der Waals surface area contributed by atoms with E-state index in [0.29, 0.717) is 12.0 Å². The number of hydrogen-bond acceptors (Lipinski definition) is 2. The minimum absolute atomic E-state index is 0.164. The molecule has 0 aromatic heterocycles. The van der Waals surface area contributed by atoms with Crippen molar-refractivity contribution in [2.75, 3.05) is 6.54 Å². The fourth-order valence-electron chi connectivity index (χ4n) is 1.47. The molecule has 1 amide bonds. The van der Waals surface area contributed by atoms with Gasteiger partial charge in [0.15, 0.2) is 0 Å². The predicted octanol–water partition coefficient (Wildman–Crippen LogP) is 2.65. The van der Waals surface area contributed by atoms with Gasteiger partial charge in [-0.05, 0) is 33.1 Å². The first-order valence-corrected chi connectivity index (χ1v) is 5.29. The Morgan fingerprint density at radius 2 is 2.07 bits per heavy atom. The molecule has 0 aliphatic carbocycles. The number of nitrogens with zero attached hydrogens (tertiary/aromatic N) is 1. The lowest BCUT2D eigenvalue weighted by Gasteiger charge is -2.20. The zero-order valence-electron chi connectivity index (χ0n) is 9.83. The summed E-state index contributed by atoms with van der Waals surface area (Å²) in [5, 5.41) is 0. The Kier molecular flexibility index (Phi) is 3.07. The zero-order chi connectivity index (χ0) is 10.9. The topological polar surface area (TPSA) is 29.3 Å². The molecule has 1 unspecified atom stereocenters. The molecule has 3 nitrogen and oxygen atoms in total. The Labute approximate surface area is 86.4 Å². The van der Waals surface area contributed by atoms with Crippen LogP contribution in [0.2, 0.25) is 0 Å². The smallest absolute Gasteiger partial charge is 0.410 e.